The van der Waals surface area contributed by atoms with Gasteiger partial charge in [0.2, 0.25) is 0 Å². The minimum Gasteiger partial charge on any atom is -0.313 e. The Balaban J connectivity index is 1.30. The molecular formula is C41H32N2. The molecule has 6 aromatic rings. The molecule has 0 radical (unpaired) electrons. The van der Waals surface area contributed by atoms with E-state index in [9.17, 15) is 0 Å². The largest absolute Gasteiger partial charge is 0.313 e. The number of hydrogen-bond acceptors (Lipinski definition) is 0. The number of benzene rings is 4. The van der Waals surface area contributed by atoms with Crippen molar-refractivity contribution in [1.82, 2.24) is 9.13 Å². The highest BCUT2D eigenvalue weighted by molar-refractivity contribution is 6.18. The van der Waals surface area contributed by atoms with Crippen LogP contribution in [0.4, 0.5) is 0 Å². The molecule has 43 heavy (non-hydrogen) atoms. The van der Waals surface area contributed by atoms with Gasteiger partial charge in [-0.3, -0.25) is 0 Å². The van der Waals surface area contributed by atoms with Crippen molar-refractivity contribution in [2.45, 2.75) is 44.4 Å². The zero-order valence-electron chi connectivity index (χ0n) is 24.4. The maximum absolute atomic E-state index is 2.53. The summed E-state index contributed by atoms with van der Waals surface area (Å²) in [7, 11) is 0. The van der Waals surface area contributed by atoms with Crippen LogP contribution in [0.3, 0.4) is 0 Å². The highest BCUT2D eigenvalue weighted by Gasteiger charge is 2.40. The molecule has 1 unspecified atom stereocenters. The molecule has 2 heteroatoms. The molecule has 4 aliphatic rings. The quantitative estimate of drug-likeness (QED) is 0.202. The number of aromatic nitrogens is 2. The molecule has 0 aliphatic heterocycles. The Bertz CT molecular complexity index is 2330. The molecule has 206 valence electrons. The number of allylic oxidation sites excluding steroid dienone is 6. The predicted octanol–water partition coefficient (Wildman–Crippen LogP) is 10.5. The summed E-state index contributed by atoms with van der Waals surface area (Å²) in [5, 5.41) is 4.19. The van der Waals surface area contributed by atoms with Crippen LogP contribution >= 0.6 is 0 Å². The van der Waals surface area contributed by atoms with Crippen LogP contribution in [0.25, 0.3) is 61.8 Å². The first kappa shape index (κ1) is 23.7. The van der Waals surface area contributed by atoms with Crippen molar-refractivity contribution in [2.24, 2.45) is 0 Å². The average Bonchev–Trinajstić information content (AvgIpc) is 3.55. The standard InChI is InChI=1S/C41H32N2/c1-41-24-10-11-26-22-23-37-39(40(26)41)38-32(29-14-2-5-18-33(29)41)17-9-21-36(38)43(37)28-13-8-12-27(25-28)42-34-19-6-3-15-30(34)31-16-4-7-20-35(31)42/h2-4,6,8-17,19,21-23,25H,5,7,18,20,24H2,1H3. The molecule has 10 rings (SSSR count). The minimum absolute atomic E-state index is 0.000303. The molecule has 0 fully saturated rings. The molecule has 4 aliphatic carbocycles. The summed E-state index contributed by atoms with van der Waals surface area (Å²) in [6, 6.07) is 29.8. The number of nitrogens with zero attached hydrogens (tertiary/aromatic N) is 2. The van der Waals surface area contributed by atoms with Gasteiger partial charge in [0.15, 0.2) is 0 Å². The second-order valence-corrected chi connectivity index (χ2v) is 12.9. The smallest absolute Gasteiger partial charge is 0.0547 e. The van der Waals surface area contributed by atoms with E-state index >= 15 is 0 Å². The van der Waals surface area contributed by atoms with E-state index in [1.54, 1.807) is 5.57 Å². The van der Waals surface area contributed by atoms with Gasteiger partial charge in [0.05, 0.1) is 16.6 Å². The average molecular weight is 553 g/mol. The number of hydrogen-bond donors (Lipinski definition) is 0. The maximum atomic E-state index is 2.53. The molecular weight excluding hydrogens is 520 g/mol. The van der Waals surface area contributed by atoms with Gasteiger partial charge in [-0.1, -0.05) is 91.4 Å². The van der Waals surface area contributed by atoms with Crippen LogP contribution in [0.15, 0.2) is 109 Å². The third kappa shape index (κ3) is 2.98. The summed E-state index contributed by atoms with van der Waals surface area (Å²) in [5.41, 5.74) is 16.5. The summed E-state index contributed by atoms with van der Waals surface area (Å²) in [5.74, 6) is 0. The highest BCUT2D eigenvalue weighted by atomic mass is 15.0. The van der Waals surface area contributed by atoms with Gasteiger partial charge in [0.1, 0.15) is 0 Å². The number of rotatable bonds is 2. The highest BCUT2D eigenvalue weighted by Crippen LogP contribution is 2.55. The molecule has 0 N–H and O–H groups in total. The number of fused-ring (bicyclic) bond motifs is 5. The van der Waals surface area contributed by atoms with Crippen molar-refractivity contribution < 1.29 is 0 Å². The van der Waals surface area contributed by atoms with E-state index in [0.717, 1.165) is 32.1 Å². The number of para-hydroxylation sites is 1. The predicted molar refractivity (Wildman–Crippen MR) is 181 cm³/mol. The third-order valence-electron chi connectivity index (χ3n) is 10.7. The van der Waals surface area contributed by atoms with Gasteiger partial charge in [-0.2, -0.15) is 0 Å². The molecule has 0 saturated heterocycles. The Hall–Kier alpha value is -4.82. The monoisotopic (exact) mass is 552 g/mol. The van der Waals surface area contributed by atoms with E-state index < -0.39 is 0 Å². The van der Waals surface area contributed by atoms with Gasteiger partial charge in [0, 0.05) is 44.2 Å². The molecule has 1 atom stereocenters. The molecule has 0 bridgehead atoms. The van der Waals surface area contributed by atoms with E-state index in [-0.39, 0.29) is 5.41 Å². The van der Waals surface area contributed by atoms with Crippen LogP contribution < -0.4 is 0 Å². The topological polar surface area (TPSA) is 9.86 Å². The first-order valence-electron chi connectivity index (χ1n) is 15.8. The van der Waals surface area contributed by atoms with Crippen molar-refractivity contribution in [2.75, 3.05) is 0 Å². The first-order chi connectivity index (χ1) is 21.2. The Morgan fingerprint density at radius 3 is 2.40 bits per heavy atom. The van der Waals surface area contributed by atoms with Crippen molar-refractivity contribution in [3.05, 3.63) is 137 Å². The second-order valence-electron chi connectivity index (χ2n) is 12.9. The van der Waals surface area contributed by atoms with E-state index in [1.165, 1.54) is 77.6 Å². The lowest BCUT2D eigenvalue weighted by Crippen LogP contribution is -2.28. The van der Waals surface area contributed by atoms with Crippen LogP contribution in [0, 0.1) is 0 Å². The lowest BCUT2D eigenvalue weighted by molar-refractivity contribution is 0.543. The van der Waals surface area contributed by atoms with Crippen LogP contribution in [0.2, 0.25) is 0 Å². The summed E-state index contributed by atoms with van der Waals surface area (Å²) >= 11 is 0. The van der Waals surface area contributed by atoms with Crippen LogP contribution in [0.5, 0.6) is 0 Å². The summed E-state index contributed by atoms with van der Waals surface area (Å²) in [6.45, 7) is 2.51. The van der Waals surface area contributed by atoms with Crippen molar-refractivity contribution in [3.63, 3.8) is 0 Å². The van der Waals surface area contributed by atoms with Crippen molar-refractivity contribution in [1.29, 1.82) is 0 Å². The molecule has 0 saturated carbocycles. The van der Waals surface area contributed by atoms with E-state index in [1.807, 2.05) is 0 Å². The third-order valence-corrected chi connectivity index (χ3v) is 10.7. The van der Waals surface area contributed by atoms with Crippen molar-refractivity contribution in [3.8, 4) is 11.4 Å². The summed E-state index contributed by atoms with van der Waals surface area (Å²) < 4.78 is 5.04. The second kappa shape index (κ2) is 8.39. The fourth-order valence-electron chi connectivity index (χ4n) is 8.93. The van der Waals surface area contributed by atoms with E-state index in [4.69, 9.17) is 0 Å². The lowest BCUT2D eigenvalue weighted by atomic mass is 9.65. The lowest BCUT2D eigenvalue weighted by Gasteiger charge is -2.38. The normalized spacial score (nSPS) is 19.9. The summed E-state index contributed by atoms with van der Waals surface area (Å²) in [6.07, 6.45) is 19.7. The molecule has 2 aromatic heterocycles. The first-order valence-corrected chi connectivity index (χ1v) is 15.8. The Kier molecular flexibility index (Phi) is 4.62. The van der Waals surface area contributed by atoms with Gasteiger partial charge in [-0.15, -0.1) is 0 Å². The van der Waals surface area contributed by atoms with E-state index in [2.05, 4.69) is 131 Å². The molecule has 0 amide bonds. The zero-order valence-corrected chi connectivity index (χ0v) is 24.4. The Morgan fingerprint density at radius 2 is 1.44 bits per heavy atom. The van der Waals surface area contributed by atoms with Gasteiger partial charge in [-0.05, 0) is 90.8 Å². The van der Waals surface area contributed by atoms with Gasteiger partial charge < -0.3 is 9.13 Å². The van der Waals surface area contributed by atoms with Gasteiger partial charge in [-0.25, -0.2) is 0 Å². The Labute approximate surface area is 251 Å². The SMILES string of the molecule is CC12CC=Cc3ccc4c(c31)c1c(cccc1n4-c1cccc(-n3c4c(c5ccccc53)C=CCC4)c1)C1=C2CCC=C1. The fraction of sp³-hybridized carbons (Fsp3) is 0.171. The van der Waals surface area contributed by atoms with Crippen LogP contribution in [0.1, 0.15) is 60.6 Å². The summed E-state index contributed by atoms with van der Waals surface area (Å²) in [4.78, 5) is 0. The fourth-order valence-corrected chi connectivity index (χ4v) is 8.93. The van der Waals surface area contributed by atoms with Crippen LogP contribution in [-0.4, -0.2) is 9.13 Å². The maximum Gasteiger partial charge on any atom is 0.0547 e. The van der Waals surface area contributed by atoms with Crippen LogP contribution in [-0.2, 0) is 11.8 Å². The molecule has 4 aromatic carbocycles. The zero-order chi connectivity index (χ0) is 28.3. The molecule has 2 heterocycles. The Morgan fingerprint density at radius 1 is 0.651 bits per heavy atom. The van der Waals surface area contributed by atoms with Gasteiger partial charge >= 0.3 is 0 Å². The molecule has 2 nitrogen and oxygen atoms in total. The molecule has 0 spiro atoms. The van der Waals surface area contributed by atoms with E-state index in [0.29, 0.717) is 0 Å². The van der Waals surface area contributed by atoms with Gasteiger partial charge in [0.25, 0.3) is 0 Å². The van der Waals surface area contributed by atoms with Crippen molar-refractivity contribution >= 4 is 50.4 Å². The minimum atomic E-state index is 0.000303.